The van der Waals surface area contributed by atoms with Gasteiger partial charge in [-0.1, -0.05) is 12.1 Å². The van der Waals surface area contributed by atoms with Crippen LogP contribution in [-0.4, -0.2) is 26.7 Å². The summed E-state index contributed by atoms with van der Waals surface area (Å²) in [5.41, 5.74) is 0.999. The van der Waals surface area contributed by atoms with Gasteiger partial charge >= 0.3 is 0 Å². The summed E-state index contributed by atoms with van der Waals surface area (Å²) in [4.78, 5) is 12.6. The van der Waals surface area contributed by atoms with E-state index in [4.69, 9.17) is 4.52 Å². The molecule has 6 heteroatoms. The van der Waals surface area contributed by atoms with Gasteiger partial charge in [-0.2, -0.15) is 4.98 Å². The third-order valence-corrected chi connectivity index (χ3v) is 2.30. The standard InChI is InChI=1S/C11H15N5O/c1-4-12-8(3)11-15-10(16-17-11)9-13-5-7(2)6-14-9/h5-6,8,12H,4H2,1-3H3. The molecule has 2 aromatic rings. The van der Waals surface area contributed by atoms with Crippen LogP contribution in [0.4, 0.5) is 0 Å². The molecule has 0 amide bonds. The molecule has 0 aromatic carbocycles. The zero-order chi connectivity index (χ0) is 12.3. The Morgan fingerprint density at radius 2 is 2.00 bits per heavy atom. The molecule has 0 bridgehead atoms. The second kappa shape index (κ2) is 5.01. The average Bonchev–Trinajstić information content (AvgIpc) is 2.80. The van der Waals surface area contributed by atoms with Gasteiger partial charge in [0.1, 0.15) is 0 Å². The molecular formula is C11H15N5O. The van der Waals surface area contributed by atoms with Crippen molar-refractivity contribution in [3.63, 3.8) is 0 Å². The van der Waals surface area contributed by atoms with E-state index in [0.29, 0.717) is 17.5 Å². The largest absolute Gasteiger partial charge is 0.337 e. The first-order valence-corrected chi connectivity index (χ1v) is 5.56. The van der Waals surface area contributed by atoms with Crippen LogP contribution in [0.3, 0.4) is 0 Å². The highest BCUT2D eigenvalue weighted by molar-refractivity contribution is 5.41. The molecule has 1 unspecified atom stereocenters. The van der Waals surface area contributed by atoms with Crippen molar-refractivity contribution in [3.05, 3.63) is 23.8 Å². The minimum absolute atomic E-state index is 0.0340. The minimum Gasteiger partial charge on any atom is -0.337 e. The smallest absolute Gasteiger partial charge is 0.243 e. The summed E-state index contributed by atoms with van der Waals surface area (Å²) in [7, 11) is 0. The van der Waals surface area contributed by atoms with E-state index in [2.05, 4.69) is 25.4 Å². The van der Waals surface area contributed by atoms with Crippen LogP contribution in [0, 0.1) is 6.92 Å². The minimum atomic E-state index is 0.0340. The van der Waals surface area contributed by atoms with Crippen LogP contribution >= 0.6 is 0 Å². The highest BCUT2D eigenvalue weighted by atomic mass is 16.5. The van der Waals surface area contributed by atoms with E-state index in [1.807, 2.05) is 20.8 Å². The topological polar surface area (TPSA) is 76.7 Å². The molecule has 0 radical (unpaired) electrons. The van der Waals surface area contributed by atoms with Gasteiger partial charge in [0.15, 0.2) is 0 Å². The van der Waals surface area contributed by atoms with Crippen LogP contribution in [0.5, 0.6) is 0 Å². The molecule has 1 N–H and O–H groups in total. The Bertz CT molecular complexity index is 479. The number of aromatic nitrogens is 4. The van der Waals surface area contributed by atoms with E-state index < -0.39 is 0 Å². The van der Waals surface area contributed by atoms with Crippen LogP contribution in [0.15, 0.2) is 16.9 Å². The van der Waals surface area contributed by atoms with Gasteiger partial charge in [-0.15, -0.1) is 0 Å². The Balaban J connectivity index is 2.20. The SMILES string of the molecule is CCNC(C)c1nc(-c2ncc(C)cn2)no1. The van der Waals surface area contributed by atoms with Crippen molar-refractivity contribution < 1.29 is 4.52 Å². The maximum absolute atomic E-state index is 5.16. The Hall–Kier alpha value is -1.82. The fourth-order valence-electron chi connectivity index (χ4n) is 1.40. The van der Waals surface area contributed by atoms with Crippen LogP contribution in [-0.2, 0) is 0 Å². The molecule has 2 aromatic heterocycles. The maximum Gasteiger partial charge on any atom is 0.243 e. The van der Waals surface area contributed by atoms with Crippen molar-refractivity contribution in [2.45, 2.75) is 26.8 Å². The lowest BCUT2D eigenvalue weighted by Crippen LogP contribution is -2.17. The number of nitrogens with zero attached hydrogens (tertiary/aromatic N) is 4. The fraction of sp³-hybridized carbons (Fsp3) is 0.455. The Morgan fingerprint density at radius 1 is 1.29 bits per heavy atom. The van der Waals surface area contributed by atoms with E-state index >= 15 is 0 Å². The van der Waals surface area contributed by atoms with Crippen LogP contribution in [0.1, 0.15) is 31.3 Å². The summed E-state index contributed by atoms with van der Waals surface area (Å²) in [6.07, 6.45) is 3.46. The quantitative estimate of drug-likeness (QED) is 0.862. The van der Waals surface area contributed by atoms with Gasteiger partial charge in [-0.05, 0) is 26.0 Å². The van der Waals surface area contributed by atoms with E-state index in [-0.39, 0.29) is 6.04 Å². The van der Waals surface area contributed by atoms with Crippen LogP contribution in [0.2, 0.25) is 0 Å². The van der Waals surface area contributed by atoms with Crippen molar-refractivity contribution in [2.75, 3.05) is 6.54 Å². The molecule has 0 saturated carbocycles. The zero-order valence-electron chi connectivity index (χ0n) is 10.1. The predicted octanol–water partition coefficient (Wildman–Crippen LogP) is 1.51. The second-order valence-electron chi connectivity index (χ2n) is 3.82. The average molecular weight is 233 g/mol. The van der Waals surface area contributed by atoms with Gasteiger partial charge in [-0.3, -0.25) is 0 Å². The monoisotopic (exact) mass is 233 g/mol. The summed E-state index contributed by atoms with van der Waals surface area (Å²) in [5, 5.41) is 7.07. The highest BCUT2D eigenvalue weighted by Crippen LogP contribution is 2.14. The molecule has 0 aliphatic rings. The lowest BCUT2D eigenvalue weighted by atomic mass is 10.3. The van der Waals surface area contributed by atoms with E-state index in [0.717, 1.165) is 12.1 Å². The van der Waals surface area contributed by atoms with Gasteiger partial charge < -0.3 is 9.84 Å². The number of aryl methyl sites for hydroxylation is 1. The second-order valence-corrected chi connectivity index (χ2v) is 3.82. The van der Waals surface area contributed by atoms with Gasteiger partial charge in [0.05, 0.1) is 6.04 Å². The van der Waals surface area contributed by atoms with Crippen molar-refractivity contribution in [3.8, 4) is 11.6 Å². The van der Waals surface area contributed by atoms with E-state index in [1.54, 1.807) is 12.4 Å². The van der Waals surface area contributed by atoms with Gasteiger partial charge in [-0.25, -0.2) is 9.97 Å². The molecule has 0 aliphatic carbocycles. The summed E-state index contributed by atoms with van der Waals surface area (Å²) in [5.74, 6) is 1.45. The van der Waals surface area contributed by atoms with Crippen molar-refractivity contribution >= 4 is 0 Å². The number of rotatable bonds is 4. The normalized spacial score (nSPS) is 12.6. The summed E-state index contributed by atoms with van der Waals surface area (Å²) < 4.78 is 5.16. The third-order valence-electron chi connectivity index (χ3n) is 2.30. The van der Waals surface area contributed by atoms with Gasteiger partial charge in [0.25, 0.3) is 0 Å². The summed E-state index contributed by atoms with van der Waals surface area (Å²) >= 11 is 0. The number of nitrogens with one attached hydrogen (secondary N) is 1. The first-order valence-electron chi connectivity index (χ1n) is 5.56. The summed E-state index contributed by atoms with van der Waals surface area (Å²) in [6, 6.07) is 0.0340. The number of hydrogen-bond acceptors (Lipinski definition) is 6. The molecule has 0 aliphatic heterocycles. The van der Waals surface area contributed by atoms with Crippen LogP contribution < -0.4 is 5.32 Å². The lowest BCUT2D eigenvalue weighted by molar-refractivity contribution is 0.342. The van der Waals surface area contributed by atoms with Crippen molar-refractivity contribution in [1.29, 1.82) is 0 Å². The molecule has 1 atom stereocenters. The van der Waals surface area contributed by atoms with E-state index in [1.165, 1.54) is 0 Å². The molecule has 0 saturated heterocycles. The Kier molecular flexibility index (Phi) is 3.43. The first-order chi connectivity index (χ1) is 8.20. The lowest BCUT2D eigenvalue weighted by Gasteiger charge is -2.04. The molecular weight excluding hydrogens is 218 g/mol. The molecule has 17 heavy (non-hydrogen) atoms. The molecule has 90 valence electrons. The van der Waals surface area contributed by atoms with Crippen molar-refractivity contribution in [1.82, 2.24) is 25.4 Å². The van der Waals surface area contributed by atoms with E-state index in [9.17, 15) is 0 Å². The fourth-order valence-corrected chi connectivity index (χ4v) is 1.40. The number of hydrogen-bond donors (Lipinski definition) is 1. The maximum atomic E-state index is 5.16. The highest BCUT2D eigenvalue weighted by Gasteiger charge is 2.15. The third kappa shape index (κ3) is 2.65. The Labute approximate surface area is 99.5 Å². The van der Waals surface area contributed by atoms with Crippen LogP contribution in [0.25, 0.3) is 11.6 Å². The van der Waals surface area contributed by atoms with Gasteiger partial charge in [0.2, 0.25) is 17.5 Å². The van der Waals surface area contributed by atoms with Crippen molar-refractivity contribution in [2.24, 2.45) is 0 Å². The molecule has 2 rings (SSSR count). The molecule has 6 nitrogen and oxygen atoms in total. The summed E-state index contributed by atoms with van der Waals surface area (Å²) in [6.45, 7) is 6.77. The Morgan fingerprint density at radius 3 is 2.65 bits per heavy atom. The molecule has 0 spiro atoms. The predicted molar refractivity (Wildman–Crippen MR) is 62.2 cm³/mol. The molecule has 2 heterocycles. The van der Waals surface area contributed by atoms with Gasteiger partial charge in [0, 0.05) is 12.4 Å². The first kappa shape index (κ1) is 11.7. The molecule has 0 fully saturated rings. The zero-order valence-corrected chi connectivity index (χ0v) is 10.1.